The van der Waals surface area contributed by atoms with Crippen LogP contribution < -0.4 is 24.3 Å². The monoisotopic (exact) mass is 359 g/mol. The van der Waals surface area contributed by atoms with Gasteiger partial charge in [-0.1, -0.05) is 17.7 Å². The molecule has 0 spiro atoms. The summed E-state index contributed by atoms with van der Waals surface area (Å²) in [5.41, 5.74) is 1.91. The number of nitrogens with one attached hydrogen (secondary N) is 1. The Balaban J connectivity index is 2.02. The highest BCUT2D eigenvalue weighted by Gasteiger charge is 2.17. The number of carbonyl (C=O) groups is 1. The summed E-state index contributed by atoms with van der Waals surface area (Å²) < 4.78 is 21.6. The molecule has 0 radical (unpaired) electrons. The van der Waals surface area contributed by atoms with Crippen molar-refractivity contribution in [1.29, 1.82) is 0 Å². The highest BCUT2D eigenvalue weighted by Crippen LogP contribution is 2.34. The molecule has 2 aromatic carbocycles. The molecule has 0 fully saturated rings. The zero-order valence-corrected chi connectivity index (χ0v) is 15.8. The second kappa shape index (κ2) is 8.99. The van der Waals surface area contributed by atoms with E-state index in [4.69, 9.17) is 18.9 Å². The highest BCUT2D eigenvalue weighted by atomic mass is 16.5. The Bertz CT molecular complexity index is 743. The minimum absolute atomic E-state index is 0.220. The van der Waals surface area contributed by atoms with Crippen molar-refractivity contribution < 1.29 is 23.7 Å². The third kappa shape index (κ3) is 4.81. The quantitative estimate of drug-likeness (QED) is 0.784. The molecule has 0 aliphatic carbocycles. The average molecular weight is 359 g/mol. The first-order chi connectivity index (χ1) is 12.5. The van der Waals surface area contributed by atoms with E-state index in [2.05, 4.69) is 5.32 Å². The fourth-order valence-electron chi connectivity index (χ4n) is 2.43. The topological polar surface area (TPSA) is 66.0 Å². The summed E-state index contributed by atoms with van der Waals surface area (Å²) in [4.78, 5) is 12.3. The van der Waals surface area contributed by atoms with Crippen molar-refractivity contribution in [3.05, 3.63) is 47.5 Å². The van der Waals surface area contributed by atoms with Crippen LogP contribution in [0.4, 0.5) is 0 Å². The van der Waals surface area contributed by atoms with Gasteiger partial charge < -0.3 is 24.3 Å². The smallest absolute Gasteiger partial charge is 0.261 e. The lowest BCUT2D eigenvalue weighted by molar-refractivity contribution is -0.127. The van der Waals surface area contributed by atoms with Crippen LogP contribution in [0.2, 0.25) is 0 Å². The molecule has 0 saturated carbocycles. The molecule has 26 heavy (non-hydrogen) atoms. The normalized spacial score (nSPS) is 11.4. The van der Waals surface area contributed by atoms with Gasteiger partial charge in [-0.25, -0.2) is 0 Å². The number of rotatable bonds is 8. The Morgan fingerprint density at radius 2 is 1.54 bits per heavy atom. The third-order valence-electron chi connectivity index (χ3n) is 3.94. The Kier molecular flexibility index (Phi) is 6.72. The number of carbonyl (C=O) groups excluding carboxylic acids is 1. The Morgan fingerprint density at radius 3 is 2.12 bits per heavy atom. The van der Waals surface area contributed by atoms with Crippen molar-refractivity contribution >= 4 is 5.91 Å². The molecule has 6 heteroatoms. The van der Waals surface area contributed by atoms with Crippen LogP contribution in [0.3, 0.4) is 0 Å². The van der Waals surface area contributed by atoms with Crippen LogP contribution in [-0.2, 0) is 11.3 Å². The van der Waals surface area contributed by atoms with Gasteiger partial charge in [0.2, 0.25) is 0 Å². The van der Waals surface area contributed by atoms with Crippen LogP contribution in [-0.4, -0.2) is 33.3 Å². The van der Waals surface area contributed by atoms with E-state index in [-0.39, 0.29) is 12.5 Å². The summed E-state index contributed by atoms with van der Waals surface area (Å²) in [7, 11) is 4.68. The zero-order valence-electron chi connectivity index (χ0n) is 15.8. The number of ether oxygens (including phenoxy) is 4. The average Bonchev–Trinajstić information content (AvgIpc) is 2.66. The number of aryl methyl sites for hydroxylation is 1. The van der Waals surface area contributed by atoms with Crippen molar-refractivity contribution in [2.75, 3.05) is 21.3 Å². The number of hydrogen-bond acceptors (Lipinski definition) is 5. The molecule has 6 nitrogen and oxygen atoms in total. The van der Waals surface area contributed by atoms with Gasteiger partial charge in [-0.05, 0) is 32.0 Å². The summed E-state index contributed by atoms with van der Waals surface area (Å²) in [6.07, 6.45) is -0.621. The number of methoxy groups -OCH3 is 3. The fraction of sp³-hybridized carbons (Fsp3) is 0.350. The molecule has 0 aliphatic heterocycles. The summed E-state index contributed by atoms with van der Waals surface area (Å²) in [6, 6.07) is 11.1. The van der Waals surface area contributed by atoms with E-state index in [9.17, 15) is 4.79 Å². The van der Waals surface area contributed by atoms with Gasteiger partial charge in [0.05, 0.1) is 21.3 Å². The van der Waals surface area contributed by atoms with Gasteiger partial charge in [0.1, 0.15) is 11.5 Å². The largest absolute Gasteiger partial charge is 0.496 e. The molecular formula is C20H25NO5. The molecule has 0 heterocycles. The molecule has 140 valence electrons. The van der Waals surface area contributed by atoms with Crippen LogP contribution >= 0.6 is 0 Å². The molecule has 0 bridgehead atoms. The number of benzene rings is 2. The Labute approximate surface area is 154 Å². The van der Waals surface area contributed by atoms with Crippen molar-refractivity contribution in [2.24, 2.45) is 0 Å². The molecule has 0 aliphatic rings. The minimum atomic E-state index is -0.621. The molecule has 0 saturated heterocycles. The molecule has 0 unspecified atom stereocenters. The van der Waals surface area contributed by atoms with E-state index in [1.165, 1.54) is 0 Å². The van der Waals surface area contributed by atoms with E-state index in [0.717, 1.165) is 11.1 Å². The summed E-state index contributed by atoms with van der Waals surface area (Å²) in [5, 5.41) is 2.85. The predicted molar refractivity (Wildman–Crippen MR) is 99.2 cm³/mol. The van der Waals surface area contributed by atoms with Gasteiger partial charge in [0.25, 0.3) is 5.91 Å². The molecule has 2 aromatic rings. The van der Waals surface area contributed by atoms with Gasteiger partial charge in [0, 0.05) is 18.2 Å². The SMILES string of the molecule is COc1cc(OC)c(OC)cc1CNC(=O)[C@@H](C)Oc1ccc(C)cc1. The van der Waals surface area contributed by atoms with Gasteiger partial charge in [0.15, 0.2) is 17.6 Å². The lowest BCUT2D eigenvalue weighted by Crippen LogP contribution is -2.36. The van der Waals surface area contributed by atoms with Crippen molar-refractivity contribution in [3.8, 4) is 23.0 Å². The fourth-order valence-corrected chi connectivity index (χ4v) is 2.43. The van der Waals surface area contributed by atoms with E-state index >= 15 is 0 Å². The summed E-state index contributed by atoms with van der Waals surface area (Å²) >= 11 is 0. The van der Waals surface area contributed by atoms with E-state index in [1.807, 2.05) is 31.2 Å². The van der Waals surface area contributed by atoms with Gasteiger partial charge in [-0.3, -0.25) is 4.79 Å². The first-order valence-corrected chi connectivity index (χ1v) is 8.28. The minimum Gasteiger partial charge on any atom is -0.496 e. The van der Waals surface area contributed by atoms with Gasteiger partial charge >= 0.3 is 0 Å². The van der Waals surface area contributed by atoms with Crippen LogP contribution in [0.25, 0.3) is 0 Å². The van der Waals surface area contributed by atoms with Crippen molar-refractivity contribution in [1.82, 2.24) is 5.32 Å². The first kappa shape index (κ1) is 19.4. The maximum atomic E-state index is 12.3. The van der Waals surface area contributed by atoms with Crippen LogP contribution in [0, 0.1) is 6.92 Å². The maximum absolute atomic E-state index is 12.3. The Hall–Kier alpha value is -2.89. The molecule has 1 atom stereocenters. The lowest BCUT2D eigenvalue weighted by Gasteiger charge is -2.17. The third-order valence-corrected chi connectivity index (χ3v) is 3.94. The first-order valence-electron chi connectivity index (χ1n) is 8.28. The zero-order chi connectivity index (χ0) is 19.1. The summed E-state index contributed by atoms with van der Waals surface area (Å²) in [5.74, 6) is 2.18. The van der Waals surface area contributed by atoms with E-state index in [0.29, 0.717) is 23.0 Å². The molecule has 0 aromatic heterocycles. The molecule has 1 amide bonds. The van der Waals surface area contributed by atoms with Crippen LogP contribution in [0.5, 0.6) is 23.0 Å². The molecule has 1 N–H and O–H groups in total. The summed E-state index contributed by atoms with van der Waals surface area (Å²) in [6.45, 7) is 3.99. The standard InChI is InChI=1S/C20H25NO5/c1-13-6-8-16(9-7-13)26-14(2)20(22)21-12-15-10-18(24-4)19(25-5)11-17(15)23-3/h6-11,14H,12H2,1-5H3,(H,21,22)/t14-/m1/s1. The number of hydrogen-bond donors (Lipinski definition) is 1. The Morgan fingerprint density at radius 1 is 0.962 bits per heavy atom. The maximum Gasteiger partial charge on any atom is 0.261 e. The van der Waals surface area contributed by atoms with E-state index in [1.54, 1.807) is 40.4 Å². The van der Waals surface area contributed by atoms with E-state index < -0.39 is 6.10 Å². The van der Waals surface area contributed by atoms with Gasteiger partial charge in [-0.2, -0.15) is 0 Å². The number of amides is 1. The highest BCUT2D eigenvalue weighted by molar-refractivity contribution is 5.80. The van der Waals surface area contributed by atoms with Gasteiger partial charge in [-0.15, -0.1) is 0 Å². The van der Waals surface area contributed by atoms with Crippen LogP contribution in [0.15, 0.2) is 36.4 Å². The second-order valence-corrected chi connectivity index (χ2v) is 5.81. The van der Waals surface area contributed by atoms with Crippen molar-refractivity contribution in [3.63, 3.8) is 0 Å². The molecule has 2 rings (SSSR count). The van der Waals surface area contributed by atoms with Crippen molar-refractivity contribution in [2.45, 2.75) is 26.5 Å². The molecular weight excluding hydrogens is 334 g/mol. The lowest BCUT2D eigenvalue weighted by atomic mass is 10.1. The van der Waals surface area contributed by atoms with Crippen LogP contribution in [0.1, 0.15) is 18.1 Å². The predicted octanol–water partition coefficient (Wildman–Crippen LogP) is 3.10. The second-order valence-electron chi connectivity index (χ2n) is 5.81.